The number of halogens is 3. The summed E-state index contributed by atoms with van der Waals surface area (Å²) in [6.45, 7) is 0.241. The molecule has 5 heteroatoms. The fourth-order valence-corrected chi connectivity index (χ4v) is 2.21. The molecule has 0 aliphatic rings. The number of thiophene rings is 1. The molecule has 1 aromatic heterocycles. The van der Waals surface area contributed by atoms with Gasteiger partial charge in [0.1, 0.15) is 6.61 Å². The quantitative estimate of drug-likeness (QED) is 0.765. The predicted molar refractivity (Wildman–Crippen MR) is 62.7 cm³/mol. The molecule has 0 saturated carbocycles. The Hall–Kier alpha value is -0.940. The highest BCUT2D eigenvalue weighted by atomic mass is 79.9. The molecule has 0 unspecified atom stereocenters. The lowest BCUT2D eigenvalue weighted by Crippen LogP contribution is -1.97. The lowest BCUT2D eigenvalue weighted by atomic mass is 10.3. The maximum absolute atomic E-state index is 13.3. The molecule has 2 aromatic rings. The third kappa shape index (κ3) is 2.59. The van der Waals surface area contributed by atoms with Crippen molar-refractivity contribution < 1.29 is 13.5 Å². The molecule has 84 valence electrons. The predicted octanol–water partition coefficient (Wildman–Crippen LogP) is 4.37. The van der Waals surface area contributed by atoms with Crippen LogP contribution in [-0.2, 0) is 6.61 Å². The summed E-state index contributed by atoms with van der Waals surface area (Å²) in [5.74, 6) is -1.96. The van der Waals surface area contributed by atoms with Gasteiger partial charge in [-0.05, 0) is 23.6 Å². The first-order valence-electron chi connectivity index (χ1n) is 4.46. The molecule has 16 heavy (non-hydrogen) atoms. The topological polar surface area (TPSA) is 9.23 Å². The molecule has 0 N–H and O–H groups in total. The summed E-state index contributed by atoms with van der Waals surface area (Å²) in [5, 5.41) is 1.90. The van der Waals surface area contributed by atoms with Crippen molar-refractivity contribution in [3.63, 3.8) is 0 Å². The van der Waals surface area contributed by atoms with Crippen LogP contribution in [0.15, 0.2) is 34.1 Å². The Bertz CT molecular complexity index is 485. The average Bonchev–Trinajstić information content (AvgIpc) is 2.74. The van der Waals surface area contributed by atoms with Crippen LogP contribution in [0.2, 0.25) is 0 Å². The highest BCUT2D eigenvalue weighted by molar-refractivity contribution is 9.10. The molecule has 0 amide bonds. The summed E-state index contributed by atoms with van der Waals surface area (Å²) in [4.78, 5) is 0.958. The van der Waals surface area contributed by atoms with Crippen LogP contribution in [0.25, 0.3) is 0 Å². The van der Waals surface area contributed by atoms with E-state index < -0.39 is 11.6 Å². The first-order valence-corrected chi connectivity index (χ1v) is 6.14. The van der Waals surface area contributed by atoms with Gasteiger partial charge in [0.15, 0.2) is 11.6 Å². The normalized spacial score (nSPS) is 10.4. The zero-order chi connectivity index (χ0) is 11.5. The molecule has 0 fully saturated rings. The van der Waals surface area contributed by atoms with Crippen molar-refractivity contribution in [2.45, 2.75) is 6.61 Å². The lowest BCUT2D eigenvalue weighted by Gasteiger charge is -2.07. The van der Waals surface area contributed by atoms with Crippen molar-refractivity contribution in [3.05, 3.63) is 50.6 Å². The summed E-state index contributed by atoms with van der Waals surface area (Å²) in [6.07, 6.45) is 0. The molecule has 1 nitrogen and oxygen atoms in total. The number of ether oxygens (including phenoxy) is 1. The van der Waals surface area contributed by atoms with Crippen molar-refractivity contribution in [1.29, 1.82) is 0 Å². The number of benzene rings is 1. The van der Waals surface area contributed by atoms with E-state index in [2.05, 4.69) is 15.9 Å². The van der Waals surface area contributed by atoms with E-state index in [1.807, 2.05) is 17.5 Å². The minimum Gasteiger partial charge on any atom is -0.485 e. The van der Waals surface area contributed by atoms with Gasteiger partial charge in [0.05, 0.1) is 0 Å². The molecule has 0 bridgehead atoms. The first-order chi connectivity index (χ1) is 7.66. The molecule has 1 aromatic carbocycles. The summed E-state index contributed by atoms with van der Waals surface area (Å²) in [5.41, 5.74) is 0. The van der Waals surface area contributed by atoms with E-state index in [0.717, 1.165) is 10.9 Å². The van der Waals surface area contributed by atoms with Gasteiger partial charge in [-0.15, -0.1) is 11.3 Å². The van der Waals surface area contributed by atoms with Crippen molar-refractivity contribution >= 4 is 27.3 Å². The number of hydrogen-bond donors (Lipinski definition) is 0. The Morgan fingerprint density at radius 3 is 2.81 bits per heavy atom. The van der Waals surface area contributed by atoms with Crippen LogP contribution < -0.4 is 4.74 Å². The van der Waals surface area contributed by atoms with Gasteiger partial charge in [0.25, 0.3) is 0 Å². The Balaban J connectivity index is 2.15. The number of hydrogen-bond acceptors (Lipinski definition) is 2. The van der Waals surface area contributed by atoms with Gasteiger partial charge in [-0.3, -0.25) is 0 Å². The van der Waals surface area contributed by atoms with Crippen LogP contribution in [0.1, 0.15) is 4.88 Å². The van der Waals surface area contributed by atoms with Crippen molar-refractivity contribution in [2.75, 3.05) is 0 Å². The van der Waals surface area contributed by atoms with Crippen LogP contribution in [0.3, 0.4) is 0 Å². The van der Waals surface area contributed by atoms with Gasteiger partial charge in [-0.2, -0.15) is 4.39 Å². The molecule has 0 aliphatic heterocycles. The Morgan fingerprint density at radius 1 is 1.31 bits per heavy atom. The highest BCUT2D eigenvalue weighted by Crippen LogP contribution is 2.26. The minimum absolute atomic E-state index is 0.0831. The monoisotopic (exact) mass is 304 g/mol. The van der Waals surface area contributed by atoms with Crippen LogP contribution in [-0.4, -0.2) is 0 Å². The van der Waals surface area contributed by atoms with E-state index >= 15 is 0 Å². The molecule has 1 heterocycles. The second kappa shape index (κ2) is 4.93. The zero-order valence-corrected chi connectivity index (χ0v) is 10.4. The van der Waals surface area contributed by atoms with Gasteiger partial charge in [-0.25, -0.2) is 4.39 Å². The Labute approximate surface area is 104 Å². The molecule has 0 radical (unpaired) electrons. The van der Waals surface area contributed by atoms with E-state index in [1.165, 1.54) is 17.4 Å². The standard InChI is InChI=1S/C11H7BrF2OS/c12-7-4-9(13)11(14)10(5-7)15-6-8-2-1-3-16-8/h1-5H,6H2. The van der Waals surface area contributed by atoms with E-state index in [0.29, 0.717) is 4.47 Å². The Morgan fingerprint density at radius 2 is 2.12 bits per heavy atom. The van der Waals surface area contributed by atoms with Crippen LogP contribution >= 0.6 is 27.3 Å². The van der Waals surface area contributed by atoms with E-state index in [4.69, 9.17) is 4.74 Å². The molecule has 0 atom stereocenters. The summed E-state index contributed by atoms with van der Waals surface area (Å²) in [6, 6.07) is 6.22. The third-order valence-corrected chi connectivity index (χ3v) is 3.22. The van der Waals surface area contributed by atoms with E-state index in [9.17, 15) is 8.78 Å². The smallest absolute Gasteiger partial charge is 0.200 e. The van der Waals surface area contributed by atoms with Gasteiger partial charge in [-0.1, -0.05) is 22.0 Å². The SMILES string of the molecule is Fc1cc(Br)cc(OCc2cccs2)c1F. The van der Waals surface area contributed by atoms with Gasteiger partial charge in [0, 0.05) is 9.35 Å². The van der Waals surface area contributed by atoms with E-state index in [1.54, 1.807) is 0 Å². The van der Waals surface area contributed by atoms with Crippen molar-refractivity contribution in [3.8, 4) is 5.75 Å². The second-order valence-electron chi connectivity index (χ2n) is 3.07. The highest BCUT2D eigenvalue weighted by Gasteiger charge is 2.11. The van der Waals surface area contributed by atoms with Crippen molar-refractivity contribution in [2.24, 2.45) is 0 Å². The Kier molecular flexibility index (Phi) is 3.56. The maximum atomic E-state index is 13.3. The molecule has 0 saturated heterocycles. The van der Waals surface area contributed by atoms with E-state index in [-0.39, 0.29) is 12.4 Å². The van der Waals surface area contributed by atoms with Gasteiger partial charge >= 0.3 is 0 Å². The molecule has 0 spiro atoms. The van der Waals surface area contributed by atoms with Crippen molar-refractivity contribution in [1.82, 2.24) is 0 Å². The van der Waals surface area contributed by atoms with Gasteiger partial charge in [0.2, 0.25) is 5.82 Å². The van der Waals surface area contributed by atoms with Gasteiger partial charge < -0.3 is 4.74 Å². The summed E-state index contributed by atoms with van der Waals surface area (Å²) < 4.78 is 32.0. The molecular weight excluding hydrogens is 298 g/mol. The fraction of sp³-hybridized carbons (Fsp3) is 0.0909. The maximum Gasteiger partial charge on any atom is 0.200 e. The molecule has 2 rings (SSSR count). The lowest BCUT2D eigenvalue weighted by molar-refractivity contribution is 0.287. The summed E-state index contributed by atoms with van der Waals surface area (Å²) >= 11 is 4.59. The summed E-state index contributed by atoms with van der Waals surface area (Å²) in [7, 11) is 0. The van der Waals surface area contributed by atoms with Crippen LogP contribution in [0.4, 0.5) is 8.78 Å². The molecule has 0 aliphatic carbocycles. The minimum atomic E-state index is -0.959. The zero-order valence-electron chi connectivity index (χ0n) is 8.04. The van der Waals surface area contributed by atoms with Crippen LogP contribution in [0, 0.1) is 11.6 Å². The third-order valence-electron chi connectivity index (χ3n) is 1.91. The second-order valence-corrected chi connectivity index (χ2v) is 5.02. The molecular formula is C11H7BrF2OS. The average molecular weight is 305 g/mol. The number of rotatable bonds is 3. The first kappa shape index (κ1) is 11.5. The fourth-order valence-electron chi connectivity index (χ4n) is 1.18. The van der Waals surface area contributed by atoms with Crippen LogP contribution in [0.5, 0.6) is 5.75 Å². The largest absolute Gasteiger partial charge is 0.485 e.